The molecule has 1 heterocycles. The van der Waals surface area contributed by atoms with Crippen molar-refractivity contribution in [2.45, 2.75) is 13.8 Å². The summed E-state index contributed by atoms with van der Waals surface area (Å²) in [5.41, 5.74) is 3.20. The number of carbonyl (C=O) groups is 1. The minimum Gasteiger partial charge on any atom is -0.491 e. The van der Waals surface area contributed by atoms with Crippen molar-refractivity contribution in [3.8, 4) is 16.9 Å². The van der Waals surface area contributed by atoms with E-state index in [0.717, 1.165) is 16.9 Å². The van der Waals surface area contributed by atoms with Crippen molar-refractivity contribution >= 4 is 5.91 Å². The number of hydrogen-bond donors (Lipinski definition) is 1. The Morgan fingerprint density at radius 2 is 1.80 bits per heavy atom. The number of nitrogens with zero attached hydrogens (tertiary/aromatic N) is 1. The first-order chi connectivity index (χ1) is 12.2. The lowest BCUT2D eigenvalue weighted by Gasteiger charge is -2.12. The number of aromatic nitrogens is 1. The van der Waals surface area contributed by atoms with Crippen LogP contribution in [0.2, 0.25) is 0 Å². The molecule has 0 radical (unpaired) electrons. The molecule has 128 valence electrons. The highest BCUT2D eigenvalue weighted by molar-refractivity contribution is 5.96. The predicted octanol–water partition coefficient (Wildman–Crippen LogP) is 3.77. The van der Waals surface area contributed by atoms with E-state index in [0.29, 0.717) is 30.2 Å². The van der Waals surface area contributed by atoms with Gasteiger partial charge in [-0.15, -0.1) is 0 Å². The molecule has 5 nitrogen and oxygen atoms in total. The van der Waals surface area contributed by atoms with Crippen LogP contribution in [-0.4, -0.2) is 24.2 Å². The Kier molecular flexibility index (Phi) is 5.14. The second kappa shape index (κ2) is 7.66. The van der Waals surface area contributed by atoms with Gasteiger partial charge in [0.2, 0.25) is 0 Å². The molecule has 1 N–H and O–H groups in total. The van der Waals surface area contributed by atoms with Crippen molar-refractivity contribution in [3.63, 3.8) is 0 Å². The number of rotatable bonds is 6. The topological polar surface area (TPSA) is 64.4 Å². The molecule has 0 fully saturated rings. The molecule has 1 aromatic heterocycles. The molecule has 5 heteroatoms. The van der Waals surface area contributed by atoms with Gasteiger partial charge in [0.25, 0.3) is 5.91 Å². The highest BCUT2D eigenvalue weighted by Crippen LogP contribution is 2.29. The first-order valence-corrected chi connectivity index (χ1v) is 8.15. The maximum absolute atomic E-state index is 12.2. The molecule has 0 aliphatic carbocycles. The lowest BCUT2D eigenvalue weighted by Crippen LogP contribution is -2.28. The van der Waals surface area contributed by atoms with Gasteiger partial charge >= 0.3 is 0 Å². The number of aryl methyl sites for hydroxylation is 2. The van der Waals surface area contributed by atoms with Crippen LogP contribution < -0.4 is 10.1 Å². The molecule has 3 rings (SSSR count). The maximum Gasteiger partial charge on any atom is 0.256 e. The van der Waals surface area contributed by atoms with E-state index < -0.39 is 0 Å². The van der Waals surface area contributed by atoms with Crippen LogP contribution in [0.25, 0.3) is 11.1 Å². The van der Waals surface area contributed by atoms with E-state index >= 15 is 0 Å². The third-order valence-electron chi connectivity index (χ3n) is 3.88. The Morgan fingerprint density at radius 3 is 2.52 bits per heavy atom. The summed E-state index contributed by atoms with van der Waals surface area (Å²) in [7, 11) is 0. The Labute approximate surface area is 146 Å². The highest BCUT2D eigenvalue weighted by Gasteiger charge is 2.16. The van der Waals surface area contributed by atoms with Crippen molar-refractivity contribution in [2.24, 2.45) is 0 Å². The zero-order chi connectivity index (χ0) is 17.6. The van der Waals surface area contributed by atoms with E-state index in [-0.39, 0.29) is 5.91 Å². The molecule has 0 atom stereocenters. The molecule has 3 aromatic rings. The molecule has 0 aliphatic heterocycles. The third-order valence-corrected chi connectivity index (χ3v) is 3.88. The van der Waals surface area contributed by atoms with Gasteiger partial charge in [0.15, 0.2) is 0 Å². The summed E-state index contributed by atoms with van der Waals surface area (Å²) >= 11 is 0. The van der Waals surface area contributed by atoms with Gasteiger partial charge in [-0.25, -0.2) is 0 Å². The van der Waals surface area contributed by atoms with E-state index in [1.165, 1.54) is 0 Å². The number of hydrogen-bond acceptors (Lipinski definition) is 4. The minimum atomic E-state index is -0.198. The minimum absolute atomic E-state index is 0.198. The van der Waals surface area contributed by atoms with Crippen molar-refractivity contribution in [3.05, 3.63) is 71.6 Å². The van der Waals surface area contributed by atoms with Crippen LogP contribution in [0.4, 0.5) is 0 Å². The standard InChI is InChI=1S/C20H20N2O3/c1-14-19(15(2)25-22-14)20(23)21-12-13-24-18-11-7-6-10-17(18)16-8-4-3-5-9-16/h3-11H,12-13H2,1-2H3,(H,21,23). The Balaban J connectivity index is 1.59. The number of ether oxygens (including phenoxy) is 1. The van der Waals surface area contributed by atoms with Crippen LogP contribution in [0.3, 0.4) is 0 Å². The highest BCUT2D eigenvalue weighted by atomic mass is 16.5. The molecule has 0 aliphatic rings. The van der Waals surface area contributed by atoms with Crippen molar-refractivity contribution in [1.29, 1.82) is 0 Å². The summed E-state index contributed by atoms with van der Waals surface area (Å²) in [6.45, 7) is 4.24. The first-order valence-electron chi connectivity index (χ1n) is 8.15. The van der Waals surface area contributed by atoms with Crippen LogP contribution in [0.1, 0.15) is 21.8 Å². The van der Waals surface area contributed by atoms with Gasteiger partial charge in [-0.1, -0.05) is 53.7 Å². The Bertz CT molecular complexity index is 837. The second-order valence-electron chi connectivity index (χ2n) is 5.67. The summed E-state index contributed by atoms with van der Waals surface area (Å²) in [6, 6.07) is 17.9. The van der Waals surface area contributed by atoms with Crippen molar-refractivity contribution in [2.75, 3.05) is 13.2 Å². The van der Waals surface area contributed by atoms with Crippen LogP contribution in [-0.2, 0) is 0 Å². The van der Waals surface area contributed by atoms with Gasteiger partial charge in [-0.3, -0.25) is 4.79 Å². The molecule has 2 aromatic carbocycles. The van der Waals surface area contributed by atoms with Gasteiger partial charge in [-0.05, 0) is 25.5 Å². The fourth-order valence-electron chi connectivity index (χ4n) is 2.67. The molecule has 0 spiro atoms. The fraction of sp³-hybridized carbons (Fsp3) is 0.200. The fourth-order valence-corrected chi connectivity index (χ4v) is 2.67. The van der Waals surface area contributed by atoms with E-state index in [1.54, 1.807) is 13.8 Å². The zero-order valence-corrected chi connectivity index (χ0v) is 14.3. The summed E-state index contributed by atoms with van der Waals surface area (Å²) in [5, 5.41) is 6.62. The average molecular weight is 336 g/mol. The van der Waals surface area contributed by atoms with E-state index in [1.807, 2.05) is 54.6 Å². The van der Waals surface area contributed by atoms with Gasteiger partial charge in [-0.2, -0.15) is 0 Å². The normalized spacial score (nSPS) is 10.5. The molecule has 0 saturated carbocycles. The van der Waals surface area contributed by atoms with Crippen LogP contribution in [0.15, 0.2) is 59.1 Å². The molecule has 0 bridgehead atoms. The first kappa shape index (κ1) is 16.8. The number of para-hydroxylation sites is 1. The molecule has 0 saturated heterocycles. The SMILES string of the molecule is Cc1noc(C)c1C(=O)NCCOc1ccccc1-c1ccccc1. The van der Waals surface area contributed by atoms with Gasteiger partial charge in [0.05, 0.1) is 12.2 Å². The average Bonchev–Trinajstić information content (AvgIpc) is 2.98. The number of nitrogens with one attached hydrogen (secondary N) is 1. The predicted molar refractivity (Wildman–Crippen MR) is 95.7 cm³/mol. The van der Waals surface area contributed by atoms with Crippen molar-refractivity contribution in [1.82, 2.24) is 10.5 Å². The Morgan fingerprint density at radius 1 is 1.08 bits per heavy atom. The molecular weight excluding hydrogens is 316 g/mol. The maximum atomic E-state index is 12.2. The van der Waals surface area contributed by atoms with Crippen LogP contribution in [0, 0.1) is 13.8 Å². The smallest absolute Gasteiger partial charge is 0.256 e. The summed E-state index contributed by atoms with van der Waals surface area (Å²) in [4.78, 5) is 12.2. The van der Waals surface area contributed by atoms with Crippen molar-refractivity contribution < 1.29 is 14.1 Å². The quantitative estimate of drug-likeness (QED) is 0.696. The molecular formula is C20H20N2O3. The third kappa shape index (κ3) is 3.88. The molecule has 25 heavy (non-hydrogen) atoms. The van der Waals surface area contributed by atoms with Crippen LogP contribution in [0.5, 0.6) is 5.75 Å². The summed E-state index contributed by atoms with van der Waals surface area (Å²) in [6.07, 6.45) is 0. The zero-order valence-electron chi connectivity index (χ0n) is 14.3. The van der Waals surface area contributed by atoms with E-state index in [2.05, 4.69) is 10.5 Å². The number of amides is 1. The van der Waals surface area contributed by atoms with E-state index in [4.69, 9.17) is 9.26 Å². The van der Waals surface area contributed by atoms with Gasteiger partial charge in [0.1, 0.15) is 23.7 Å². The van der Waals surface area contributed by atoms with Gasteiger partial charge < -0.3 is 14.6 Å². The summed E-state index contributed by atoms with van der Waals surface area (Å²) in [5.74, 6) is 1.11. The monoisotopic (exact) mass is 336 g/mol. The summed E-state index contributed by atoms with van der Waals surface area (Å²) < 4.78 is 10.9. The Hall–Kier alpha value is -3.08. The number of benzene rings is 2. The lowest BCUT2D eigenvalue weighted by atomic mass is 10.1. The number of carbonyl (C=O) groups excluding carboxylic acids is 1. The lowest BCUT2D eigenvalue weighted by molar-refractivity contribution is 0.0945. The van der Waals surface area contributed by atoms with Gasteiger partial charge in [0, 0.05) is 5.56 Å². The van der Waals surface area contributed by atoms with E-state index in [9.17, 15) is 4.79 Å². The molecule has 1 amide bonds. The van der Waals surface area contributed by atoms with Crippen LogP contribution >= 0.6 is 0 Å². The largest absolute Gasteiger partial charge is 0.491 e. The second-order valence-corrected chi connectivity index (χ2v) is 5.67. The molecule has 0 unspecified atom stereocenters.